The molecule has 1 heterocycles. The van der Waals surface area contributed by atoms with Crippen molar-refractivity contribution in [1.29, 1.82) is 0 Å². The Labute approximate surface area is 141 Å². The SMILES string of the molecule is CCC1Oc2ccccc2N(CCC(=O)NCCNC(C)=O)C1=O. The first-order valence-corrected chi connectivity index (χ1v) is 8.11. The van der Waals surface area contributed by atoms with Gasteiger partial charge < -0.3 is 20.3 Å². The van der Waals surface area contributed by atoms with E-state index in [1.54, 1.807) is 4.90 Å². The van der Waals surface area contributed by atoms with Gasteiger partial charge in [-0.3, -0.25) is 14.4 Å². The molecule has 7 heteroatoms. The van der Waals surface area contributed by atoms with Crippen LogP contribution in [-0.4, -0.2) is 43.5 Å². The Balaban J connectivity index is 1.92. The molecule has 24 heavy (non-hydrogen) atoms. The van der Waals surface area contributed by atoms with E-state index in [0.717, 1.165) is 0 Å². The van der Waals surface area contributed by atoms with E-state index < -0.39 is 6.10 Å². The Hall–Kier alpha value is -2.57. The van der Waals surface area contributed by atoms with E-state index in [0.29, 0.717) is 37.5 Å². The number of nitrogens with one attached hydrogen (secondary N) is 2. The van der Waals surface area contributed by atoms with Crippen molar-refractivity contribution in [3.63, 3.8) is 0 Å². The monoisotopic (exact) mass is 333 g/mol. The zero-order chi connectivity index (χ0) is 17.5. The maximum Gasteiger partial charge on any atom is 0.268 e. The van der Waals surface area contributed by atoms with Gasteiger partial charge in [0.25, 0.3) is 5.91 Å². The summed E-state index contributed by atoms with van der Waals surface area (Å²) in [7, 11) is 0. The summed E-state index contributed by atoms with van der Waals surface area (Å²) in [6, 6.07) is 7.33. The van der Waals surface area contributed by atoms with E-state index in [1.807, 2.05) is 31.2 Å². The van der Waals surface area contributed by atoms with Crippen molar-refractivity contribution < 1.29 is 19.1 Å². The van der Waals surface area contributed by atoms with Gasteiger partial charge in [0.15, 0.2) is 6.10 Å². The van der Waals surface area contributed by atoms with Gasteiger partial charge in [-0.1, -0.05) is 19.1 Å². The number of nitrogens with zero attached hydrogens (tertiary/aromatic N) is 1. The molecular formula is C17H23N3O4. The van der Waals surface area contributed by atoms with Crippen molar-refractivity contribution in [2.45, 2.75) is 32.8 Å². The lowest BCUT2D eigenvalue weighted by Gasteiger charge is -2.33. The first kappa shape index (κ1) is 17.8. The Kier molecular flexibility index (Phi) is 6.17. The van der Waals surface area contributed by atoms with E-state index in [2.05, 4.69) is 10.6 Å². The van der Waals surface area contributed by atoms with Crippen LogP contribution in [0, 0.1) is 0 Å². The summed E-state index contributed by atoms with van der Waals surface area (Å²) in [6.45, 7) is 4.36. The van der Waals surface area contributed by atoms with Crippen LogP contribution in [0.3, 0.4) is 0 Å². The predicted octanol–water partition coefficient (Wildman–Crippen LogP) is 0.833. The van der Waals surface area contributed by atoms with Gasteiger partial charge >= 0.3 is 0 Å². The van der Waals surface area contributed by atoms with E-state index >= 15 is 0 Å². The van der Waals surface area contributed by atoms with Gasteiger partial charge in [-0.05, 0) is 18.6 Å². The van der Waals surface area contributed by atoms with Gasteiger partial charge in [0.1, 0.15) is 5.75 Å². The van der Waals surface area contributed by atoms with Crippen LogP contribution in [-0.2, 0) is 14.4 Å². The van der Waals surface area contributed by atoms with Crippen molar-refractivity contribution in [3.05, 3.63) is 24.3 Å². The number of ether oxygens (including phenoxy) is 1. The molecule has 1 aromatic carbocycles. The van der Waals surface area contributed by atoms with Crippen molar-refractivity contribution in [1.82, 2.24) is 10.6 Å². The van der Waals surface area contributed by atoms with Crippen LogP contribution in [0.15, 0.2) is 24.3 Å². The summed E-state index contributed by atoms with van der Waals surface area (Å²) in [5.74, 6) is 0.243. The number of fused-ring (bicyclic) bond motifs is 1. The Morgan fingerprint density at radius 3 is 2.62 bits per heavy atom. The minimum atomic E-state index is -0.511. The van der Waals surface area contributed by atoms with Crippen LogP contribution in [0.1, 0.15) is 26.7 Å². The molecule has 1 aromatic rings. The maximum absolute atomic E-state index is 12.5. The van der Waals surface area contributed by atoms with Gasteiger partial charge in [-0.25, -0.2) is 0 Å². The first-order valence-electron chi connectivity index (χ1n) is 8.11. The number of amides is 3. The molecular weight excluding hydrogens is 310 g/mol. The van der Waals surface area contributed by atoms with Crippen molar-refractivity contribution in [2.75, 3.05) is 24.5 Å². The number of rotatable bonds is 7. The van der Waals surface area contributed by atoms with E-state index in [4.69, 9.17) is 4.74 Å². The fraction of sp³-hybridized carbons (Fsp3) is 0.471. The lowest BCUT2D eigenvalue weighted by Crippen LogP contribution is -2.47. The lowest BCUT2D eigenvalue weighted by atomic mass is 10.1. The van der Waals surface area contributed by atoms with Crippen molar-refractivity contribution in [2.24, 2.45) is 0 Å². The maximum atomic E-state index is 12.5. The largest absolute Gasteiger partial charge is 0.478 e. The molecule has 0 bridgehead atoms. The molecule has 0 saturated heterocycles. The van der Waals surface area contributed by atoms with Gasteiger partial charge in [0.05, 0.1) is 5.69 Å². The third kappa shape index (κ3) is 4.47. The van der Waals surface area contributed by atoms with Crippen LogP contribution >= 0.6 is 0 Å². The summed E-state index contributed by atoms with van der Waals surface area (Å²) in [6.07, 6.45) is 0.256. The molecule has 1 atom stereocenters. The second kappa shape index (κ2) is 8.33. The average molecular weight is 333 g/mol. The Morgan fingerprint density at radius 1 is 1.21 bits per heavy atom. The highest BCUT2D eigenvalue weighted by Gasteiger charge is 2.32. The average Bonchev–Trinajstić information content (AvgIpc) is 2.57. The summed E-state index contributed by atoms with van der Waals surface area (Å²) in [5.41, 5.74) is 0.693. The fourth-order valence-electron chi connectivity index (χ4n) is 2.51. The minimum Gasteiger partial charge on any atom is -0.478 e. The van der Waals surface area contributed by atoms with E-state index in [-0.39, 0.29) is 24.1 Å². The molecule has 0 aromatic heterocycles. The Bertz CT molecular complexity index is 618. The van der Waals surface area contributed by atoms with E-state index in [9.17, 15) is 14.4 Å². The normalized spacial score (nSPS) is 16.2. The van der Waals surface area contributed by atoms with Crippen molar-refractivity contribution in [3.8, 4) is 5.75 Å². The van der Waals surface area contributed by atoms with Gasteiger partial charge in [0, 0.05) is 33.0 Å². The second-order valence-electron chi connectivity index (χ2n) is 5.56. The highest BCUT2D eigenvalue weighted by molar-refractivity contribution is 6.00. The highest BCUT2D eigenvalue weighted by atomic mass is 16.5. The number of carbonyl (C=O) groups is 3. The first-order chi connectivity index (χ1) is 11.5. The molecule has 2 rings (SSSR count). The molecule has 1 unspecified atom stereocenters. The minimum absolute atomic E-state index is 0.123. The topological polar surface area (TPSA) is 87.7 Å². The molecule has 1 aliphatic heterocycles. The molecule has 1 aliphatic rings. The van der Waals surface area contributed by atoms with Gasteiger partial charge in [-0.2, -0.15) is 0 Å². The molecule has 0 radical (unpaired) electrons. The van der Waals surface area contributed by atoms with Gasteiger partial charge in [0.2, 0.25) is 11.8 Å². The summed E-state index contributed by atoms with van der Waals surface area (Å²) < 4.78 is 5.70. The smallest absolute Gasteiger partial charge is 0.268 e. The van der Waals surface area contributed by atoms with Gasteiger partial charge in [-0.15, -0.1) is 0 Å². The summed E-state index contributed by atoms with van der Waals surface area (Å²) >= 11 is 0. The van der Waals surface area contributed by atoms with Crippen LogP contribution in [0.2, 0.25) is 0 Å². The summed E-state index contributed by atoms with van der Waals surface area (Å²) in [5, 5.41) is 5.32. The Morgan fingerprint density at radius 2 is 1.92 bits per heavy atom. The zero-order valence-corrected chi connectivity index (χ0v) is 14.0. The molecule has 130 valence electrons. The molecule has 0 fully saturated rings. The van der Waals surface area contributed by atoms with Crippen LogP contribution < -0.4 is 20.3 Å². The van der Waals surface area contributed by atoms with E-state index in [1.165, 1.54) is 6.92 Å². The fourth-order valence-corrected chi connectivity index (χ4v) is 2.51. The molecule has 2 N–H and O–H groups in total. The van der Waals surface area contributed by atoms with Crippen molar-refractivity contribution >= 4 is 23.4 Å². The third-order valence-electron chi connectivity index (χ3n) is 3.72. The number of para-hydroxylation sites is 2. The number of benzene rings is 1. The molecule has 7 nitrogen and oxygen atoms in total. The zero-order valence-electron chi connectivity index (χ0n) is 14.0. The van der Waals surface area contributed by atoms with Crippen LogP contribution in [0.25, 0.3) is 0 Å². The molecule has 0 saturated carbocycles. The van der Waals surface area contributed by atoms with Crippen LogP contribution in [0.4, 0.5) is 5.69 Å². The number of carbonyl (C=O) groups excluding carboxylic acids is 3. The number of hydrogen-bond donors (Lipinski definition) is 2. The standard InChI is InChI=1S/C17H23N3O4/c1-3-14-17(23)20(13-6-4-5-7-15(13)24-14)11-8-16(22)19-10-9-18-12(2)21/h4-7,14H,3,8-11H2,1-2H3,(H,18,21)(H,19,22). The summed E-state index contributed by atoms with van der Waals surface area (Å²) in [4.78, 5) is 36.8. The lowest BCUT2D eigenvalue weighted by molar-refractivity contribution is -0.126. The molecule has 3 amide bonds. The highest BCUT2D eigenvalue weighted by Crippen LogP contribution is 2.34. The predicted molar refractivity (Wildman–Crippen MR) is 89.8 cm³/mol. The number of hydrogen-bond acceptors (Lipinski definition) is 4. The molecule has 0 aliphatic carbocycles. The molecule has 0 spiro atoms. The van der Waals surface area contributed by atoms with Crippen LogP contribution in [0.5, 0.6) is 5.75 Å². The second-order valence-corrected chi connectivity index (χ2v) is 5.56. The quantitative estimate of drug-likeness (QED) is 0.724. The third-order valence-corrected chi connectivity index (χ3v) is 3.72. The number of anilines is 1.